The Hall–Kier alpha value is -2.18. The van der Waals surface area contributed by atoms with Gasteiger partial charge in [-0.05, 0) is 18.9 Å². The van der Waals surface area contributed by atoms with Gasteiger partial charge in [-0.3, -0.25) is 0 Å². The minimum absolute atomic E-state index is 0.0476. The molecule has 1 rings (SSSR count). The summed E-state index contributed by atoms with van der Waals surface area (Å²) in [6, 6.07) is 0.765. The Bertz CT molecular complexity index is 531. The molecule has 1 aromatic carbocycles. The van der Waals surface area contributed by atoms with Crippen LogP contribution in [0.25, 0.3) is 0 Å². The van der Waals surface area contributed by atoms with Crippen LogP contribution >= 0.6 is 0 Å². The molecule has 0 heterocycles. The molecule has 7 heteroatoms. The molecule has 1 aromatic rings. The van der Waals surface area contributed by atoms with E-state index < -0.39 is 29.2 Å². The Morgan fingerprint density at radius 2 is 1.81 bits per heavy atom. The average Bonchev–Trinajstić information content (AvgIpc) is 2.46. The second-order valence-corrected chi connectivity index (χ2v) is 4.42. The maximum absolute atomic E-state index is 13.6. The average molecular weight is 300 g/mol. The molecule has 0 aromatic heterocycles. The lowest BCUT2D eigenvalue weighted by molar-refractivity contribution is 0.0595. The number of anilines is 1. The molecule has 0 fully saturated rings. The van der Waals surface area contributed by atoms with Crippen LogP contribution in [-0.2, 0) is 4.74 Å². The predicted molar refractivity (Wildman–Crippen MR) is 74.2 cm³/mol. The summed E-state index contributed by atoms with van der Waals surface area (Å²) in [5.41, 5.74) is -0.739. The first kappa shape index (κ1) is 16.9. The van der Waals surface area contributed by atoms with Gasteiger partial charge in [-0.2, -0.15) is 0 Å². The number of benzene rings is 1. The number of halogens is 2. The van der Waals surface area contributed by atoms with Crippen molar-refractivity contribution in [2.24, 2.45) is 0 Å². The Morgan fingerprint density at radius 3 is 2.33 bits per heavy atom. The molecule has 0 saturated heterocycles. The van der Waals surface area contributed by atoms with Crippen molar-refractivity contribution in [2.75, 3.05) is 12.4 Å². The number of rotatable bonds is 5. The highest BCUT2D eigenvalue weighted by molar-refractivity contribution is 5.94. The van der Waals surface area contributed by atoms with Gasteiger partial charge in [-0.25, -0.2) is 18.4 Å². The smallest absolute Gasteiger partial charge is 0.340 e. The monoisotopic (exact) mass is 300 g/mol. The lowest BCUT2D eigenvalue weighted by Crippen LogP contribution is -2.37. The van der Waals surface area contributed by atoms with Crippen molar-refractivity contribution >= 4 is 17.7 Å². The first-order valence-electron chi connectivity index (χ1n) is 6.57. The summed E-state index contributed by atoms with van der Waals surface area (Å²) in [6.45, 7) is 3.81. The molecule has 2 amide bonds. The van der Waals surface area contributed by atoms with E-state index in [9.17, 15) is 18.4 Å². The minimum atomic E-state index is -1.05. The van der Waals surface area contributed by atoms with Gasteiger partial charge in [0.15, 0.2) is 0 Å². The summed E-state index contributed by atoms with van der Waals surface area (Å²) >= 11 is 0. The Balaban J connectivity index is 2.93. The second kappa shape index (κ2) is 7.56. The molecule has 0 aliphatic heterocycles. The molecule has 0 unspecified atom stereocenters. The van der Waals surface area contributed by atoms with E-state index in [0.29, 0.717) is 6.07 Å². The third kappa shape index (κ3) is 4.40. The third-order valence-corrected chi connectivity index (χ3v) is 3.03. The zero-order chi connectivity index (χ0) is 16.0. The van der Waals surface area contributed by atoms with Gasteiger partial charge in [-0.15, -0.1) is 0 Å². The normalized spacial score (nSPS) is 10.4. The molecule has 21 heavy (non-hydrogen) atoms. The molecule has 5 nitrogen and oxygen atoms in total. The Labute approximate surface area is 121 Å². The maximum atomic E-state index is 13.6. The summed E-state index contributed by atoms with van der Waals surface area (Å²) in [4.78, 5) is 23.1. The molecule has 0 atom stereocenters. The molecule has 0 spiro atoms. The van der Waals surface area contributed by atoms with Crippen molar-refractivity contribution in [3.63, 3.8) is 0 Å². The zero-order valence-corrected chi connectivity index (χ0v) is 12.1. The number of ether oxygens (including phenoxy) is 1. The molecule has 0 radical (unpaired) electrons. The fraction of sp³-hybridized carbons (Fsp3) is 0.429. The minimum Gasteiger partial charge on any atom is -0.465 e. The summed E-state index contributed by atoms with van der Waals surface area (Å²) < 4.78 is 31.5. The van der Waals surface area contributed by atoms with Crippen LogP contribution in [0.4, 0.5) is 19.3 Å². The largest absolute Gasteiger partial charge is 0.465 e. The van der Waals surface area contributed by atoms with E-state index in [2.05, 4.69) is 15.4 Å². The number of amides is 2. The van der Waals surface area contributed by atoms with E-state index in [-0.39, 0.29) is 11.7 Å². The Kier molecular flexibility index (Phi) is 6.08. The first-order chi connectivity index (χ1) is 9.92. The van der Waals surface area contributed by atoms with Crippen LogP contribution in [0.3, 0.4) is 0 Å². The van der Waals surface area contributed by atoms with Crippen LogP contribution < -0.4 is 10.6 Å². The summed E-state index contributed by atoms with van der Waals surface area (Å²) in [5.74, 6) is -2.97. The van der Waals surface area contributed by atoms with Crippen LogP contribution in [0, 0.1) is 11.6 Å². The predicted octanol–water partition coefficient (Wildman–Crippen LogP) is 3.06. The lowest BCUT2D eigenvalue weighted by atomic mass is 10.1. The van der Waals surface area contributed by atoms with Gasteiger partial charge in [0.05, 0.1) is 18.4 Å². The van der Waals surface area contributed by atoms with E-state index in [1.165, 1.54) is 0 Å². The molecular weight excluding hydrogens is 282 g/mol. The summed E-state index contributed by atoms with van der Waals surface area (Å²) in [6.07, 6.45) is 1.45. The van der Waals surface area contributed by atoms with Gasteiger partial charge in [0.2, 0.25) is 0 Å². The molecule has 2 N–H and O–H groups in total. The van der Waals surface area contributed by atoms with Crippen molar-refractivity contribution in [1.82, 2.24) is 5.32 Å². The van der Waals surface area contributed by atoms with Crippen molar-refractivity contribution in [3.05, 3.63) is 29.3 Å². The van der Waals surface area contributed by atoms with Crippen LogP contribution in [0.2, 0.25) is 0 Å². The first-order valence-corrected chi connectivity index (χ1v) is 6.57. The molecule has 0 bridgehead atoms. The third-order valence-electron chi connectivity index (χ3n) is 3.03. The van der Waals surface area contributed by atoms with Crippen LogP contribution in [-0.4, -0.2) is 25.2 Å². The molecular formula is C14H18F2N2O3. The molecule has 0 aliphatic rings. The van der Waals surface area contributed by atoms with Crippen molar-refractivity contribution in [3.8, 4) is 0 Å². The molecule has 116 valence electrons. The number of carbonyl (C=O) groups is 2. The van der Waals surface area contributed by atoms with E-state index >= 15 is 0 Å². The standard InChI is InChI=1S/C14H18F2N2O3/c1-4-8(5-2)17-14(20)18-12-6-9(13(19)21-3)10(15)7-11(12)16/h6-8H,4-5H2,1-3H3,(H2,17,18,20). The fourth-order valence-electron chi connectivity index (χ4n) is 1.75. The van der Waals surface area contributed by atoms with E-state index in [0.717, 1.165) is 26.0 Å². The topological polar surface area (TPSA) is 67.4 Å². The highest BCUT2D eigenvalue weighted by Crippen LogP contribution is 2.20. The maximum Gasteiger partial charge on any atom is 0.340 e. The van der Waals surface area contributed by atoms with Gasteiger partial charge >= 0.3 is 12.0 Å². The van der Waals surface area contributed by atoms with Gasteiger partial charge < -0.3 is 15.4 Å². The SMILES string of the molecule is CCC(CC)NC(=O)Nc1cc(C(=O)OC)c(F)cc1F. The number of hydrogen-bond acceptors (Lipinski definition) is 3. The second-order valence-electron chi connectivity index (χ2n) is 4.42. The van der Waals surface area contributed by atoms with E-state index in [1.807, 2.05) is 13.8 Å². The lowest BCUT2D eigenvalue weighted by Gasteiger charge is -2.16. The van der Waals surface area contributed by atoms with Gasteiger partial charge in [-0.1, -0.05) is 13.8 Å². The van der Waals surface area contributed by atoms with Crippen molar-refractivity contribution in [1.29, 1.82) is 0 Å². The molecule has 0 saturated carbocycles. The van der Waals surface area contributed by atoms with Gasteiger partial charge in [0, 0.05) is 12.1 Å². The highest BCUT2D eigenvalue weighted by Gasteiger charge is 2.18. The van der Waals surface area contributed by atoms with Crippen LogP contribution in [0.5, 0.6) is 0 Å². The van der Waals surface area contributed by atoms with Gasteiger partial charge in [0.25, 0.3) is 0 Å². The number of urea groups is 1. The Morgan fingerprint density at radius 1 is 1.19 bits per heavy atom. The van der Waals surface area contributed by atoms with Crippen LogP contribution in [0.15, 0.2) is 12.1 Å². The van der Waals surface area contributed by atoms with Crippen molar-refractivity contribution < 1.29 is 23.1 Å². The van der Waals surface area contributed by atoms with Crippen molar-refractivity contribution in [2.45, 2.75) is 32.7 Å². The summed E-state index contributed by atoms with van der Waals surface area (Å²) in [7, 11) is 1.08. The number of methoxy groups -OCH3 is 1. The molecule has 0 aliphatic carbocycles. The number of carbonyl (C=O) groups excluding carboxylic acids is 2. The van der Waals surface area contributed by atoms with E-state index in [4.69, 9.17) is 0 Å². The quantitative estimate of drug-likeness (QED) is 0.821. The number of nitrogens with one attached hydrogen (secondary N) is 2. The number of hydrogen-bond donors (Lipinski definition) is 2. The van der Waals surface area contributed by atoms with E-state index in [1.54, 1.807) is 0 Å². The highest BCUT2D eigenvalue weighted by atomic mass is 19.1. The van der Waals surface area contributed by atoms with Gasteiger partial charge in [0.1, 0.15) is 11.6 Å². The fourth-order valence-corrected chi connectivity index (χ4v) is 1.75. The van der Waals surface area contributed by atoms with Crippen LogP contribution in [0.1, 0.15) is 37.0 Å². The summed E-state index contributed by atoms with van der Waals surface area (Å²) in [5, 5.41) is 4.90. The number of esters is 1. The zero-order valence-electron chi connectivity index (χ0n) is 12.1.